The number of nitrogens with one attached hydrogen (secondary N) is 1. The van der Waals surface area contributed by atoms with Crippen molar-refractivity contribution in [2.45, 2.75) is 25.8 Å². The minimum Gasteiger partial charge on any atom is -0.493 e. The van der Waals surface area contributed by atoms with Gasteiger partial charge in [0.2, 0.25) is 5.75 Å². The zero-order valence-corrected chi connectivity index (χ0v) is 17.3. The highest BCUT2D eigenvalue weighted by atomic mass is 16.5. The Balaban J connectivity index is 1.62. The molecule has 1 aliphatic carbocycles. The molecule has 4 rings (SSSR count). The molecule has 1 aromatic heterocycles. The molecular weight excluding hydrogens is 366 g/mol. The van der Waals surface area contributed by atoms with Gasteiger partial charge in [-0.2, -0.15) is 5.10 Å². The molecule has 3 aromatic rings. The van der Waals surface area contributed by atoms with Gasteiger partial charge in [-0.05, 0) is 42.2 Å². The first-order valence-electron chi connectivity index (χ1n) is 9.82. The van der Waals surface area contributed by atoms with Gasteiger partial charge in [-0.25, -0.2) is 4.68 Å². The molecule has 0 saturated heterocycles. The van der Waals surface area contributed by atoms with E-state index in [1.807, 2.05) is 35.0 Å². The van der Waals surface area contributed by atoms with Gasteiger partial charge < -0.3 is 19.5 Å². The average molecular weight is 393 g/mol. The molecule has 2 unspecified atom stereocenters. The van der Waals surface area contributed by atoms with E-state index >= 15 is 0 Å². The van der Waals surface area contributed by atoms with Crippen LogP contribution in [0.15, 0.2) is 48.5 Å². The van der Waals surface area contributed by atoms with Gasteiger partial charge in [0, 0.05) is 18.5 Å². The van der Waals surface area contributed by atoms with Crippen molar-refractivity contribution in [3.63, 3.8) is 0 Å². The van der Waals surface area contributed by atoms with Crippen LogP contribution in [0.1, 0.15) is 30.5 Å². The minimum absolute atomic E-state index is 0.557. The highest BCUT2D eigenvalue weighted by Gasteiger charge is 2.36. The van der Waals surface area contributed by atoms with E-state index in [0.29, 0.717) is 35.6 Å². The maximum absolute atomic E-state index is 5.47. The van der Waals surface area contributed by atoms with Crippen molar-refractivity contribution in [2.75, 3.05) is 26.6 Å². The lowest BCUT2D eigenvalue weighted by Crippen LogP contribution is -2.07. The van der Waals surface area contributed by atoms with Crippen LogP contribution in [-0.2, 0) is 6.54 Å². The van der Waals surface area contributed by atoms with Crippen molar-refractivity contribution in [1.29, 1.82) is 0 Å². The van der Waals surface area contributed by atoms with Crippen LogP contribution < -0.4 is 19.5 Å². The lowest BCUT2D eigenvalue weighted by molar-refractivity contribution is 0.324. The summed E-state index contributed by atoms with van der Waals surface area (Å²) >= 11 is 0. The molecule has 1 N–H and O–H groups in total. The van der Waals surface area contributed by atoms with Gasteiger partial charge in [-0.15, -0.1) is 0 Å². The smallest absolute Gasteiger partial charge is 0.203 e. The van der Waals surface area contributed by atoms with Gasteiger partial charge in [0.05, 0.1) is 32.7 Å². The van der Waals surface area contributed by atoms with Crippen LogP contribution in [0, 0.1) is 5.92 Å². The number of rotatable bonds is 8. The molecular formula is C23H27N3O3. The fraction of sp³-hybridized carbons (Fsp3) is 0.348. The third-order valence-electron chi connectivity index (χ3n) is 5.42. The molecule has 2 aromatic carbocycles. The van der Waals surface area contributed by atoms with E-state index in [9.17, 15) is 0 Å². The summed E-state index contributed by atoms with van der Waals surface area (Å²) in [7, 11) is 4.86. The van der Waals surface area contributed by atoms with E-state index in [4.69, 9.17) is 19.3 Å². The number of methoxy groups -OCH3 is 3. The molecule has 1 aliphatic rings. The summed E-state index contributed by atoms with van der Waals surface area (Å²) in [6.07, 6.45) is 1.21. The van der Waals surface area contributed by atoms with Gasteiger partial charge >= 0.3 is 0 Å². The Morgan fingerprint density at radius 2 is 1.66 bits per heavy atom. The topological polar surface area (TPSA) is 57.5 Å². The lowest BCUT2D eigenvalue weighted by Gasteiger charge is -2.15. The number of nitrogens with zero attached hydrogens (tertiary/aromatic N) is 2. The molecule has 0 amide bonds. The molecule has 152 valence electrons. The first-order chi connectivity index (χ1) is 14.1. The van der Waals surface area contributed by atoms with Crippen molar-refractivity contribution in [1.82, 2.24) is 9.78 Å². The van der Waals surface area contributed by atoms with Crippen LogP contribution in [0.5, 0.6) is 17.2 Å². The normalized spacial score (nSPS) is 17.7. The van der Waals surface area contributed by atoms with Crippen molar-refractivity contribution in [3.8, 4) is 22.9 Å². The Hall–Kier alpha value is -3.15. The molecule has 29 heavy (non-hydrogen) atoms. The second kappa shape index (κ2) is 8.07. The second-order valence-electron chi connectivity index (χ2n) is 7.41. The molecule has 0 spiro atoms. The van der Waals surface area contributed by atoms with Gasteiger partial charge in [0.1, 0.15) is 5.82 Å². The number of hydrogen-bond donors (Lipinski definition) is 1. The number of aromatic nitrogens is 2. The van der Waals surface area contributed by atoms with Crippen LogP contribution >= 0.6 is 0 Å². The van der Waals surface area contributed by atoms with Crippen molar-refractivity contribution >= 4 is 5.82 Å². The van der Waals surface area contributed by atoms with Gasteiger partial charge in [-0.3, -0.25) is 0 Å². The van der Waals surface area contributed by atoms with E-state index in [-0.39, 0.29) is 0 Å². The standard InChI is InChI=1S/C23H27N3O3/c1-15-10-18(15)19-13-22(26(25-19)17-8-6-5-7-9-17)24-14-16-11-20(27-2)23(29-4)21(12-16)28-3/h5-9,11-13,15,18,24H,10,14H2,1-4H3. The summed E-state index contributed by atoms with van der Waals surface area (Å²) in [5.74, 6) is 4.12. The second-order valence-corrected chi connectivity index (χ2v) is 7.41. The highest BCUT2D eigenvalue weighted by molar-refractivity contribution is 5.55. The molecule has 6 heteroatoms. The van der Waals surface area contributed by atoms with Crippen LogP contribution in [0.25, 0.3) is 5.69 Å². The molecule has 0 radical (unpaired) electrons. The molecule has 0 bridgehead atoms. The highest BCUT2D eigenvalue weighted by Crippen LogP contribution is 2.47. The Kier molecular flexibility index (Phi) is 5.34. The lowest BCUT2D eigenvalue weighted by atomic mass is 10.1. The van der Waals surface area contributed by atoms with Crippen molar-refractivity contribution in [3.05, 3.63) is 59.8 Å². The first kappa shape index (κ1) is 19.2. The average Bonchev–Trinajstić information content (AvgIpc) is 3.34. The number of benzene rings is 2. The zero-order valence-electron chi connectivity index (χ0n) is 17.3. The Bertz CT molecular complexity index is 959. The fourth-order valence-electron chi connectivity index (χ4n) is 3.64. The predicted molar refractivity (Wildman–Crippen MR) is 114 cm³/mol. The molecule has 0 aliphatic heterocycles. The molecule has 1 heterocycles. The number of ether oxygens (including phenoxy) is 3. The van der Waals surface area contributed by atoms with Crippen LogP contribution in [0.3, 0.4) is 0 Å². The van der Waals surface area contributed by atoms with E-state index in [2.05, 4.69) is 30.4 Å². The SMILES string of the molecule is COc1cc(CNc2cc(C3CC3C)nn2-c2ccccc2)cc(OC)c1OC. The summed E-state index contributed by atoms with van der Waals surface area (Å²) < 4.78 is 18.3. The van der Waals surface area contributed by atoms with E-state index in [0.717, 1.165) is 22.8 Å². The summed E-state index contributed by atoms with van der Waals surface area (Å²) in [5, 5.41) is 8.42. The fourth-order valence-corrected chi connectivity index (χ4v) is 3.64. The van der Waals surface area contributed by atoms with Gasteiger partial charge in [0.25, 0.3) is 0 Å². The van der Waals surface area contributed by atoms with E-state index in [1.165, 1.54) is 6.42 Å². The maximum Gasteiger partial charge on any atom is 0.203 e. The molecule has 1 fully saturated rings. The number of anilines is 1. The summed E-state index contributed by atoms with van der Waals surface area (Å²) in [6.45, 7) is 2.88. The van der Waals surface area contributed by atoms with Crippen LogP contribution in [0.2, 0.25) is 0 Å². The zero-order chi connectivity index (χ0) is 20.4. The monoisotopic (exact) mass is 393 g/mol. The predicted octanol–water partition coefficient (Wildman–Crippen LogP) is 4.63. The minimum atomic E-state index is 0.557. The van der Waals surface area contributed by atoms with Crippen molar-refractivity contribution < 1.29 is 14.2 Å². The molecule has 2 atom stereocenters. The molecule has 6 nitrogen and oxygen atoms in total. The quantitative estimate of drug-likeness (QED) is 0.604. The van der Waals surface area contributed by atoms with Gasteiger partial charge in [0.15, 0.2) is 11.5 Å². The first-order valence-corrected chi connectivity index (χ1v) is 9.82. The Labute approximate surface area is 171 Å². The largest absolute Gasteiger partial charge is 0.493 e. The summed E-state index contributed by atoms with van der Waals surface area (Å²) in [4.78, 5) is 0. The van der Waals surface area contributed by atoms with Crippen LogP contribution in [-0.4, -0.2) is 31.1 Å². The molecule has 1 saturated carbocycles. The van der Waals surface area contributed by atoms with E-state index in [1.54, 1.807) is 21.3 Å². The van der Waals surface area contributed by atoms with E-state index < -0.39 is 0 Å². The summed E-state index contributed by atoms with van der Waals surface area (Å²) in [6, 6.07) is 16.3. The number of hydrogen-bond acceptors (Lipinski definition) is 5. The Morgan fingerprint density at radius 1 is 1.00 bits per heavy atom. The third kappa shape index (κ3) is 3.88. The maximum atomic E-state index is 5.47. The number of para-hydroxylation sites is 1. The van der Waals surface area contributed by atoms with Crippen LogP contribution in [0.4, 0.5) is 5.82 Å². The van der Waals surface area contributed by atoms with Crippen molar-refractivity contribution in [2.24, 2.45) is 5.92 Å². The summed E-state index contributed by atoms with van der Waals surface area (Å²) in [5.41, 5.74) is 3.22. The third-order valence-corrected chi connectivity index (χ3v) is 5.42. The Morgan fingerprint density at radius 3 is 2.21 bits per heavy atom. The van der Waals surface area contributed by atoms with Gasteiger partial charge in [-0.1, -0.05) is 25.1 Å².